The summed E-state index contributed by atoms with van der Waals surface area (Å²) in [6, 6.07) is -0.447. The zero-order chi connectivity index (χ0) is 12.8. The molecule has 1 aliphatic heterocycles. The van der Waals surface area contributed by atoms with Gasteiger partial charge in [-0.25, -0.2) is 4.79 Å². The predicted octanol–water partition coefficient (Wildman–Crippen LogP) is 0.836. The molecule has 3 fully saturated rings. The lowest BCUT2D eigenvalue weighted by atomic mass is 10.0. The second-order valence-corrected chi connectivity index (χ2v) is 6.10. The van der Waals surface area contributed by atoms with Gasteiger partial charge in [0.05, 0.1) is 0 Å². The molecule has 3 rings (SSSR count). The number of nitrogens with one attached hydrogen (secondary N) is 1. The van der Waals surface area contributed by atoms with Crippen LogP contribution in [0.5, 0.6) is 0 Å². The number of primary amides is 1. The van der Waals surface area contributed by atoms with Crippen LogP contribution in [0.25, 0.3) is 0 Å². The highest BCUT2D eigenvalue weighted by molar-refractivity contribution is 5.83. The molecule has 1 spiro atoms. The first-order chi connectivity index (χ1) is 8.61. The van der Waals surface area contributed by atoms with Gasteiger partial charge in [0, 0.05) is 25.0 Å². The highest BCUT2D eigenvalue weighted by Crippen LogP contribution is 2.63. The van der Waals surface area contributed by atoms with E-state index in [0.29, 0.717) is 17.9 Å². The van der Waals surface area contributed by atoms with E-state index in [9.17, 15) is 9.59 Å². The molecule has 3 aliphatic rings. The summed E-state index contributed by atoms with van der Waals surface area (Å²) in [5.74, 6) is 0.581. The lowest BCUT2D eigenvalue weighted by molar-refractivity contribution is -0.132. The van der Waals surface area contributed by atoms with Gasteiger partial charge in [-0.3, -0.25) is 4.79 Å². The molecule has 2 atom stereocenters. The standard InChI is InChI=1S/C13H21N3O2/c14-12(18)15-9-3-6-16(8-9)11(17)10-7-13(10)4-1-2-5-13/h9-10H,1-8H2,(H3,14,15,18). The Kier molecular flexibility index (Phi) is 2.72. The van der Waals surface area contributed by atoms with Crippen molar-refractivity contribution in [3.63, 3.8) is 0 Å². The molecule has 2 saturated carbocycles. The number of hydrogen-bond acceptors (Lipinski definition) is 2. The van der Waals surface area contributed by atoms with E-state index in [1.165, 1.54) is 25.7 Å². The van der Waals surface area contributed by atoms with Crippen molar-refractivity contribution in [2.24, 2.45) is 17.1 Å². The van der Waals surface area contributed by atoms with E-state index >= 15 is 0 Å². The Labute approximate surface area is 107 Å². The van der Waals surface area contributed by atoms with Gasteiger partial charge in [0.1, 0.15) is 0 Å². The summed E-state index contributed by atoms with van der Waals surface area (Å²) >= 11 is 0. The Morgan fingerprint density at radius 1 is 1.28 bits per heavy atom. The van der Waals surface area contributed by atoms with Crippen molar-refractivity contribution in [3.05, 3.63) is 0 Å². The smallest absolute Gasteiger partial charge is 0.312 e. The number of rotatable bonds is 2. The Balaban J connectivity index is 1.54. The fourth-order valence-corrected chi connectivity index (χ4v) is 3.83. The summed E-state index contributed by atoms with van der Waals surface area (Å²) in [5.41, 5.74) is 5.47. The average Bonchev–Trinajstić information content (AvgIpc) is 2.66. The second kappa shape index (κ2) is 4.14. The van der Waals surface area contributed by atoms with Gasteiger partial charge in [-0.2, -0.15) is 0 Å². The maximum Gasteiger partial charge on any atom is 0.312 e. The van der Waals surface area contributed by atoms with Gasteiger partial charge in [0.25, 0.3) is 0 Å². The third-order valence-electron chi connectivity index (χ3n) is 4.93. The number of carbonyl (C=O) groups excluding carboxylic acids is 2. The molecule has 2 unspecified atom stereocenters. The normalized spacial score (nSPS) is 32.8. The highest BCUT2D eigenvalue weighted by atomic mass is 16.2. The molecule has 5 heteroatoms. The molecule has 1 saturated heterocycles. The molecule has 0 bridgehead atoms. The van der Waals surface area contributed by atoms with Crippen LogP contribution in [-0.4, -0.2) is 36.0 Å². The van der Waals surface area contributed by atoms with E-state index in [0.717, 1.165) is 19.4 Å². The van der Waals surface area contributed by atoms with E-state index in [1.54, 1.807) is 0 Å². The summed E-state index contributed by atoms with van der Waals surface area (Å²) in [5, 5.41) is 2.69. The number of amides is 3. The number of likely N-dealkylation sites (tertiary alicyclic amines) is 1. The van der Waals surface area contributed by atoms with Crippen molar-refractivity contribution in [3.8, 4) is 0 Å². The fourth-order valence-electron chi connectivity index (χ4n) is 3.83. The lowest BCUT2D eigenvalue weighted by Gasteiger charge is -2.18. The first kappa shape index (κ1) is 11.8. The van der Waals surface area contributed by atoms with Crippen molar-refractivity contribution < 1.29 is 9.59 Å². The molecule has 0 aromatic heterocycles. The van der Waals surface area contributed by atoms with Crippen LogP contribution in [-0.2, 0) is 4.79 Å². The van der Waals surface area contributed by atoms with Crippen molar-refractivity contribution >= 4 is 11.9 Å². The van der Waals surface area contributed by atoms with Gasteiger partial charge in [-0.1, -0.05) is 12.8 Å². The SMILES string of the molecule is NC(=O)NC1CCN(C(=O)C2CC23CCCC3)C1. The molecule has 0 aromatic carbocycles. The van der Waals surface area contributed by atoms with Crippen LogP contribution in [0, 0.1) is 11.3 Å². The minimum Gasteiger partial charge on any atom is -0.352 e. The Morgan fingerprint density at radius 2 is 2.00 bits per heavy atom. The molecule has 1 heterocycles. The van der Waals surface area contributed by atoms with E-state index in [2.05, 4.69) is 5.32 Å². The highest BCUT2D eigenvalue weighted by Gasteiger charge is 2.59. The van der Waals surface area contributed by atoms with Crippen molar-refractivity contribution in [1.29, 1.82) is 0 Å². The lowest BCUT2D eigenvalue weighted by Crippen LogP contribution is -2.41. The topological polar surface area (TPSA) is 75.4 Å². The Bertz CT molecular complexity index is 376. The van der Waals surface area contributed by atoms with Gasteiger partial charge in [0.15, 0.2) is 0 Å². The molecule has 3 N–H and O–H groups in total. The van der Waals surface area contributed by atoms with Gasteiger partial charge in [-0.15, -0.1) is 0 Å². The molecule has 100 valence electrons. The number of urea groups is 1. The molecule has 0 aromatic rings. The number of carbonyl (C=O) groups is 2. The quantitative estimate of drug-likeness (QED) is 0.763. The summed E-state index contributed by atoms with van der Waals surface area (Å²) < 4.78 is 0. The minimum atomic E-state index is -0.493. The largest absolute Gasteiger partial charge is 0.352 e. The third kappa shape index (κ3) is 1.95. The number of nitrogens with two attached hydrogens (primary N) is 1. The van der Waals surface area contributed by atoms with Crippen LogP contribution >= 0.6 is 0 Å². The van der Waals surface area contributed by atoms with Crippen LogP contribution in [0.3, 0.4) is 0 Å². The van der Waals surface area contributed by atoms with Gasteiger partial charge >= 0.3 is 6.03 Å². The molecular formula is C13H21N3O2. The number of nitrogens with zero attached hydrogens (tertiary/aromatic N) is 1. The third-order valence-corrected chi connectivity index (χ3v) is 4.93. The van der Waals surface area contributed by atoms with Crippen molar-refractivity contribution in [1.82, 2.24) is 10.2 Å². The Morgan fingerprint density at radius 3 is 2.67 bits per heavy atom. The average molecular weight is 251 g/mol. The molecule has 0 radical (unpaired) electrons. The van der Waals surface area contributed by atoms with E-state index in [1.807, 2.05) is 4.90 Å². The maximum absolute atomic E-state index is 12.4. The van der Waals surface area contributed by atoms with E-state index < -0.39 is 6.03 Å². The molecule has 3 amide bonds. The molecular weight excluding hydrogens is 230 g/mol. The zero-order valence-electron chi connectivity index (χ0n) is 10.7. The summed E-state index contributed by atoms with van der Waals surface area (Å²) in [6.07, 6.45) is 6.97. The predicted molar refractivity (Wildman–Crippen MR) is 66.7 cm³/mol. The number of hydrogen-bond donors (Lipinski definition) is 2. The molecule has 2 aliphatic carbocycles. The fraction of sp³-hybridized carbons (Fsp3) is 0.846. The van der Waals surface area contributed by atoms with Gasteiger partial charge in [-0.05, 0) is 31.1 Å². The van der Waals surface area contributed by atoms with Crippen LogP contribution in [0.1, 0.15) is 38.5 Å². The van der Waals surface area contributed by atoms with Gasteiger partial charge in [0.2, 0.25) is 5.91 Å². The van der Waals surface area contributed by atoms with Crippen LogP contribution in [0.15, 0.2) is 0 Å². The minimum absolute atomic E-state index is 0.0460. The summed E-state index contributed by atoms with van der Waals surface area (Å²) in [6.45, 7) is 1.39. The Hall–Kier alpha value is -1.26. The second-order valence-electron chi connectivity index (χ2n) is 6.10. The summed E-state index contributed by atoms with van der Waals surface area (Å²) in [7, 11) is 0. The zero-order valence-corrected chi connectivity index (χ0v) is 10.7. The molecule has 5 nitrogen and oxygen atoms in total. The van der Waals surface area contributed by atoms with Crippen molar-refractivity contribution in [2.45, 2.75) is 44.6 Å². The maximum atomic E-state index is 12.4. The van der Waals surface area contributed by atoms with Crippen molar-refractivity contribution in [2.75, 3.05) is 13.1 Å². The van der Waals surface area contributed by atoms with E-state index in [4.69, 9.17) is 5.73 Å². The first-order valence-electron chi connectivity index (χ1n) is 6.95. The van der Waals surface area contributed by atoms with Gasteiger partial charge < -0.3 is 16.0 Å². The van der Waals surface area contributed by atoms with E-state index in [-0.39, 0.29) is 12.0 Å². The molecule has 18 heavy (non-hydrogen) atoms. The van der Waals surface area contributed by atoms with Crippen LogP contribution in [0.2, 0.25) is 0 Å². The monoisotopic (exact) mass is 251 g/mol. The first-order valence-corrected chi connectivity index (χ1v) is 6.95. The summed E-state index contributed by atoms with van der Waals surface area (Å²) in [4.78, 5) is 25.1. The van der Waals surface area contributed by atoms with Crippen LogP contribution < -0.4 is 11.1 Å². The van der Waals surface area contributed by atoms with Crippen LogP contribution in [0.4, 0.5) is 4.79 Å².